The van der Waals surface area contributed by atoms with Crippen molar-refractivity contribution < 1.29 is 4.39 Å². The third-order valence-electron chi connectivity index (χ3n) is 3.04. The number of rotatable bonds is 1. The van der Waals surface area contributed by atoms with E-state index in [1.807, 2.05) is 0 Å². The van der Waals surface area contributed by atoms with Gasteiger partial charge >= 0.3 is 0 Å². The van der Waals surface area contributed by atoms with Crippen LogP contribution in [-0.2, 0) is 0 Å². The van der Waals surface area contributed by atoms with Gasteiger partial charge in [-0.05, 0) is 37.2 Å². The third kappa shape index (κ3) is 2.10. The number of fused-ring (bicyclic) bond motifs is 1. The number of hydrogen-bond acceptors (Lipinski definition) is 3. The van der Waals surface area contributed by atoms with Gasteiger partial charge in [0.15, 0.2) is 0 Å². The van der Waals surface area contributed by atoms with Crippen LogP contribution in [-0.4, -0.2) is 30.0 Å². The summed E-state index contributed by atoms with van der Waals surface area (Å²) in [6.45, 7) is 2.04. The lowest BCUT2D eigenvalue weighted by molar-refractivity contribution is 0.370. The summed E-state index contributed by atoms with van der Waals surface area (Å²) in [7, 11) is 2.11. The highest BCUT2D eigenvalue weighted by atomic mass is 32.1. The molecule has 1 aromatic heterocycles. The van der Waals surface area contributed by atoms with Crippen molar-refractivity contribution in [2.75, 3.05) is 20.1 Å². The number of halogens is 1. The minimum absolute atomic E-state index is 0.190. The fourth-order valence-corrected chi connectivity index (χ4v) is 3.06. The minimum Gasteiger partial charge on any atom is -0.302 e. The van der Waals surface area contributed by atoms with Crippen molar-refractivity contribution in [1.82, 2.24) is 9.88 Å². The van der Waals surface area contributed by atoms with Gasteiger partial charge in [0.05, 0.1) is 10.2 Å². The molecular formula is C13H13FN2S. The van der Waals surface area contributed by atoms with Gasteiger partial charge in [-0.2, -0.15) is 0 Å². The second kappa shape index (κ2) is 4.20. The van der Waals surface area contributed by atoms with Crippen molar-refractivity contribution in [3.05, 3.63) is 35.1 Å². The average Bonchev–Trinajstić information content (AvgIpc) is 2.72. The zero-order valence-electron chi connectivity index (χ0n) is 9.61. The molecule has 0 aliphatic carbocycles. The van der Waals surface area contributed by atoms with Gasteiger partial charge in [-0.15, -0.1) is 11.3 Å². The van der Waals surface area contributed by atoms with E-state index >= 15 is 0 Å². The number of nitrogens with zero attached hydrogens (tertiary/aromatic N) is 2. The first-order chi connectivity index (χ1) is 8.22. The molecule has 3 rings (SSSR count). The van der Waals surface area contributed by atoms with Crippen molar-refractivity contribution in [1.29, 1.82) is 0 Å². The van der Waals surface area contributed by atoms with Crippen molar-refractivity contribution in [3.63, 3.8) is 0 Å². The highest BCUT2D eigenvalue weighted by Crippen LogP contribution is 2.30. The second-order valence-electron chi connectivity index (χ2n) is 4.37. The first-order valence-electron chi connectivity index (χ1n) is 5.66. The van der Waals surface area contributed by atoms with Crippen molar-refractivity contribution in [2.24, 2.45) is 0 Å². The normalized spacial score (nSPS) is 17.4. The highest BCUT2D eigenvalue weighted by Gasteiger charge is 2.13. The maximum Gasteiger partial charge on any atom is 0.124 e. The Morgan fingerprint density at radius 2 is 2.29 bits per heavy atom. The largest absolute Gasteiger partial charge is 0.302 e. The summed E-state index contributed by atoms with van der Waals surface area (Å²) in [5.41, 5.74) is 2.19. The minimum atomic E-state index is -0.190. The van der Waals surface area contributed by atoms with Gasteiger partial charge in [-0.1, -0.05) is 6.08 Å². The van der Waals surface area contributed by atoms with E-state index < -0.39 is 0 Å². The molecule has 2 heterocycles. The average molecular weight is 248 g/mol. The Morgan fingerprint density at radius 3 is 3.06 bits per heavy atom. The lowest BCUT2D eigenvalue weighted by Crippen LogP contribution is -2.23. The first-order valence-corrected chi connectivity index (χ1v) is 6.48. The Balaban J connectivity index is 2.01. The summed E-state index contributed by atoms with van der Waals surface area (Å²) in [6.07, 6.45) is 3.25. The summed E-state index contributed by atoms with van der Waals surface area (Å²) < 4.78 is 14.0. The Kier molecular flexibility index (Phi) is 2.68. The van der Waals surface area contributed by atoms with Crippen LogP contribution in [0.2, 0.25) is 0 Å². The second-order valence-corrected chi connectivity index (χ2v) is 5.40. The summed E-state index contributed by atoms with van der Waals surface area (Å²) in [6, 6.07) is 4.78. The van der Waals surface area contributed by atoms with Crippen LogP contribution < -0.4 is 0 Å². The van der Waals surface area contributed by atoms with E-state index in [4.69, 9.17) is 0 Å². The van der Waals surface area contributed by atoms with Crippen LogP contribution in [0.15, 0.2) is 24.3 Å². The van der Waals surface area contributed by atoms with Crippen LogP contribution in [0.1, 0.15) is 11.4 Å². The van der Waals surface area contributed by atoms with Crippen molar-refractivity contribution in [2.45, 2.75) is 6.42 Å². The van der Waals surface area contributed by atoms with Gasteiger partial charge < -0.3 is 4.90 Å². The molecule has 0 amide bonds. The van der Waals surface area contributed by atoms with Gasteiger partial charge in [0.2, 0.25) is 0 Å². The molecule has 1 aliphatic rings. The molecule has 0 N–H and O–H groups in total. The molecule has 88 valence electrons. The molecule has 1 aliphatic heterocycles. The molecule has 0 fully saturated rings. The maximum atomic E-state index is 13.1. The number of benzene rings is 1. The van der Waals surface area contributed by atoms with Gasteiger partial charge in [-0.3, -0.25) is 0 Å². The lowest BCUT2D eigenvalue weighted by Gasteiger charge is -2.20. The Labute approximate surface area is 103 Å². The summed E-state index contributed by atoms with van der Waals surface area (Å²) in [4.78, 5) is 6.84. The van der Waals surface area contributed by atoms with E-state index in [1.165, 1.54) is 11.6 Å². The molecule has 0 saturated carbocycles. The topological polar surface area (TPSA) is 16.1 Å². The van der Waals surface area contributed by atoms with E-state index in [-0.39, 0.29) is 5.82 Å². The van der Waals surface area contributed by atoms with Gasteiger partial charge in [-0.25, -0.2) is 9.37 Å². The maximum absolute atomic E-state index is 13.1. The first kappa shape index (κ1) is 10.9. The summed E-state index contributed by atoms with van der Waals surface area (Å²) >= 11 is 1.58. The van der Waals surface area contributed by atoms with E-state index in [2.05, 4.69) is 23.0 Å². The van der Waals surface area contributed by atoms with Crippen LogP contribution in [0.4, 0.5) is 4.39 Å². The summed E-state index contributed by atoms with van der Waals surface area (Å²) in [5, 5.41) is 1.04. The molecule has 0 bridgehead atoms. The van der Waals surface area contributed by atoms with Gasteiger partial charge in [0.25, 0.3) is 0 Å². The third-order valence-corrected chi connectivity index (χ3v) is 4.13. The number of aromatic nitrogens is 1. The standard InChI is InChI=1S/C13H13FN2S/c1-16-6-4-9(5-7-16)13-15-11-3-2-10(14)8-12(11)17-13/h2-4,8H,5-7H2,1H3. The van der Waals surface area contributed by atoms with E-state index in [1.54, 1.807) is 23.5 Å². The molecular weight excluding hydrogens is 235 g/mol. The van der Waals surface area contributed by atoms with E-state index in [9.17, 15) is 4.39 Å². The molecule has 0 atom stereocenters. The fraction of sp³-hybridized carbons (Fsp3) is 0.308. The van der Waals surface area contributed by atoms with Gasteiger partial charge in [0, 0.05) is 13.1 Å². The predicted molar refractivity (Wildman–Crippen MR) is 69.7 cm³/mol. The van der Waals surface area contributed by atoms with Crippen molar-refractivity contribution in [3.8, 4) is 0 Å². The molecule has 17 heavy (non-hydrogen) atoms. The number of likely N-dealkylation sites (N-methyl/N-ethyl adjacent to an activating group) is 1. The zero-order valence-corrected chi connectivity index (χ0v) is 10.4. The van der Waals surface area contributed by atoms with E-state index in [0.29, 0.717) is 0 Å². The molecule has 0 radical (unpaired) electrons. The number of hydrogen-bond donors (Lipinski definition) is 0. The van der Waals surface area contributed by atoms with Crippen LogP contribution in [0.3, 0.4) is 0 Å². The Bertz CT molecular complexity index is 588. The molecule has 4 heteroatoms. The quantitative estimate of drug-likeness (QED) is 0.770. The van der Waals surface area contributed by atoms with E-state index in [0.717, 1.165) is 34.7 Å². The smallest absolute Gasteiger partial charge is 0.124 e. The molecule has 0 saturated heterocycles. The molecule has 0 spiro atoms. The highest BCUT2D eigenvalue weighted by molar-refractivity contribution is 7.19. The molecule has 2 aromatic rings. The van der Waals surface area contributed by atoms with Crippen LogP contribution >= 0.6 is 11.3 Å². The fourth-order valence-electron chi connectivity index (χ4n) is 2.00. The SMILES string of the molecule is CN1CC=C(c2nc3ccc(F)cc3s2)CC1. The Morgan fingerprint density at radius 1 is 1.41 bits per heavy atom. The molecule has 2 nitrogen and oxygen atoms in total. The van der Waals surface area contributed by atoms with Crippen LogP contribution in [0.25, 0.3) is 15.8 Å². The zero-order chi connectivity index (χ0) is 11.8. The predicted octanol–water partition coefficient (Wildman–Crippen LogP) is 3.15. The number of thiazole rings is 1. The summed E-state index contributed by atoms with van der Waals surface area (Å²) in [5.74, 6) is -0.190. The molecule has 1 aromatic carbocycles. The Hall–Kier alpha value is -1.26. The van der Waals surface area contributed by atoms with Crippen LogP contribution in [0, 0.1) is 5.82 Å². The monoisotopic (exact) mass is 248 g/mol. The van der Waals surface area contributed by atoms with Gasteiger partial charge in [0.1, 0.15) is 10.8 Å². The van der Waals surface area contributed by atoms with Crippen molar-refractivity contribution >= 4 is 27.1 Å². The van der Waals surface area contributed by atoms with Crippen LogP contribution in [0.5, 0.6) is 0 Å². The lowest BCUT2D eigenvalue weighted by atomic mass is 10.1. The molecule has 0 unspecified atom stereocenters.